The van der Waals surface area contributed by atoms with E-state index in [-0.39, 0.29) is 24.0 Å². The van der Waals surface area contributed by atoms with Gasteiger partial charge in [0.15, 0.2) is 17.3 Å². The topological polar surface area (TPSA) is 133 Å². The number of benzene rings is 3. The predicted octanol–water partition coefficient (Wildman–Crippen LogP) is 4.16. The van der Waals surface area contributed by atoms with Crippen LogP contribution in [0.1, 0.15) is 11.1 Å². The highest BCUT2D eigenvalue weighted by Crippen LogP contribution is 2.26. The van der Waals surface area contributed by atoms with E-state index in [4.69, 9.17) is 15.1 Å². The van der Waals surface area contributed by atoms with Gasteiger partial charge in [-0.2, -0.15) is 5.10 Å². The van der Waals surface area contributed by atoms with E-state index >= 15 is 0 Å². The first-order valence-corrected chi connectivity index (χ1v) is 11.7. The molecule has 0 radical (unpaired) electrons. The van der Waals surface area contributed by atoms with Gasteiger partial charge < -0.3 is 15.0 Å². The van der Waals surface area contributed by atoms with E-state index in [1.165, 1.54) is 6.21 Å². The second-order valence-corrected chi connectivity index (χ2v) is 8.67. The lowest BCUT2D eigenvalue weighted by Crippen LogP contribution is -2.23. The number of ether oxygens (including phenoxy) is 1. The summed E-state index contributed by atoms with van der Waals surface area (Å²) in [6.45, 7) is 0.335. The molecule has 0 aliphatic carbocycles. The highest BCUT2D eigenvalue weighted by Gasteiger charge is 2.20. The molecule has 0 unspecified atom stereocenters. The summed E-state index contributed by atoms with van der Waals surface area (Å²) in [7, 11) is 0. The second-order valence-electron chi connectivity index (χ2n) is 7.76. The number of halogens is 1. The summed E-state index contributed by atoms with van der Waals surface area (Å²) in [4.78, 5) is 17.4. The van der Waals surface area contributed by atoms with E-state index in [0.29, 0.717) is 29.3 Å². The summed E-state index contributed by atoms with van der Waals surface area (Å²) in [5.74, 6) is 0.727. The van der Waals surface area contributed by atoms with Crippen LogP contribution < -0.4 is 15.9 Å². The number of imidazole rings is 1. The van der Waals surface area contributed by atoms with Gasteiger partial charge in [0, 0.05) is 10.0 Å². The van der Waals surface area contributed by atoms with Gasteiger partial charge in [0.25, 0.3) is 5.91 Å². The summed E-state index contributed by atoms with van der Waals surface area (Å²) in [6, 6.07) is 22.8. The van der Waals surface area contributed by atoms with Crippen LogP contribution in [0, 0.1) is 0 Å². The van der Waals surface area contributed by atoms with E-state index in [1.54, 1.807) is 4.57 Å². The quantitative estimate of drug-likeness (QED) is 0.221. The van der Waals surface area contributed by atoms with Crippen LogP contribution in [0.15, 0.2) is 87.0 Å². The smallest absolute Gasteiger partial charge is 0.260 e. The maximum absolute atomic E-state index is 12.8. The first-order chi connectivity index (χ1) is 17.6. The molecule has 0 saturated carbocycles. The Labute approximate surface area is 213 Å². The molecule has 3 N–H and O–H groups in total. The monoisotopic (exact) mass is 545 g/mol. The highest BCUT2D eigenvalue weighted by atomic mass is 79.9. The van der Waals surface area contributed by atoms with Crippen molar-refractivity contribution in [1.82, 2.24) is 25.3 Å². The minimum absolute atomic E-state index is 0.0741. The van der Waals surface area contributed by atoms with Crippen LogP contribution in [0.2, 0.25) is 0 Å². The number of rotatable bonds is 8. The minimum atomic E-state index is -0.368. The minimum Gasteiger partial charge on any atom is -0.488 e. The summed E-state index contributed by atoms with van der Waals surface area (Å²) >= 11 is 3.46. The Hall–Kier alpha value is -4.51. The van der Waals surface area contributed by atoms with Gasteiger partial charge in [-0.05, 0) is 46.2 Å². The number of nitrogens with two attached hydrogens (primary N) is 1. The largest absolute Gasteiger partial charge is 0.488 e. The Bertz CT molecular complexity index is 1550. The van der Waals surface area contributed by atoms with Crippen molar-refractivity contribution in [1.29, 1.82) is 0 Å². The molecule has 2 heterocycles. The third-order valence-corrected chi connectivity index (χ3v) is 5.78. The maximum Gasteiger partial charge on any atom is 0.260 e. The lowest BCUT2D eigenvalue weighted by molar-refractivity contribution is -0.121. The molecule has 5 aromatic rings. The van der Waals surface area contributed by atoms with Crippen molar-refractivity contribution in [3.63, 3.8) is 0 Å². The van der Waals surface area contributed by atoms with Gasteiger partial charge in [-0.15, -0.1) is 0 Å². The molecule has 2 aromatic heterocycles. The zero-order chi connectivity index (χ0) is 24.9. The molecule has 10 nitrogen and oxygen atoms in total. The first-order valence-electron chi connectivity index (χ1n) is 10.9. The fourth-order valence-corrected chi connectivity index (χ4v) is 3.99. The van der Waals surface area contributed by atoms with E-state index in [2.05, 4.69) is 41.8 Å². The van der Waals surface area contributed by atoms with Crippen molar-refractivity contribution in [3.8, 4) is 17.3 Å². The Morgan fingerprint density at radius 2 is 1.92 bits per heavy atom. The molecule has 11 heteroatoms. The number of hydrogen-bond acceptors (Lipinski definition) is 8. The molecular weight excluding hydrogens is 526 g/mol. The average Bonchev–Trinajstić information content (AvgIpc) is 3.47. The Morgan fingerprint density at radius 3 is 2.72 bits per heavy atom. The predicted molar refractivity (Wildman–Crippen MR) is 138 cm³/mol. The van der Waals surface area contributed by atoms with Crippen LogP contribution in [0.4, 0.5) is 5.82 Å². The van der Waals surface area contributed by atoms with Crippen LogP contribution >= 0.6 is 15.9 Å². The standard InChI is InChI=1S/C25H20BrN7O3/c26-18-10-11-21(35-15-16-6-2-1-3-7-16)17(12-18)13-28-30-22(34)14-33-20-9-5-4-8-19(20)29-25(33)23-24(27)32-36-31-23/h1-13H,14-15H2,(H2,27,32)(H,30,34)/b28-13+. The molecule has 5 rings (SSSR count). The number of nitrogen functional groups attached to an aromatic ring is 1. The third kappa shape index (κ3) is 5.10. The number of anilines is 1. The molecule has 0 aliphatic rings. The molecule has 3 aromatic carbocycles. The number of fused-ring (bicyclic) bond motifs is 1. The summed E-state index contributed by atoms with van der Waals surface area (Å²) in [5, 5.41) is 11.6. The van der Waals surface area contributed by atoms with Crippen LogP contribution in [0.3, 0.4) is 0 Å². The zero-order valence-electron chi connectivity index (χ0n) is 18.8. The zero-order valence-corrected chi connectivity index (χ0v) is 20.4. The fourth-order valence-electron chi connectivity index (χ4n) is 3.61. The van der Waals surface area contributed by atoms with Gasteiger partial charge in [-0.3, -0.25) is 4.79 Å². The van der Waals surface area contributed by atoms with Crippen LogP contribution in [0.25, 0.3) is 22.6 Å². The summed E-state index contributed by atoms with van der Waals surface area (Å²) < 4.78 is 13.2. The van der Waals surface area contributed by atoms with Gasteiger partial charge in [-0.25, -0.2) is 15.0 Å². The molecule has 0 atom stereocenters. The van der Waals surface area contributed by atoms with Crippen LogP contribution in [0.5, 0.6) is 5.75 Å². The molecule has 0 aliphatic heterocycles. The molecule has 0 spiro atoms. The number of amides is 1. The fraction of sp³-hybridized carbons (Fsp3) is 0.0800. The SMILES string of the molecule is Nc1nonc1-c1nc2ccccc2n1CC(=O)N/N=C/c1cc(Br)ccc1OCc1ccccc1. The van der Waals surface area contributed by atoms with Crippen molar-refractivity contribution < 1.29 is 14.2 Å². The third-order valence-electron chi connectivity index (χ3n) is 5.28. The van der Waals surface area contributed by atoms with Gasteiger partial charge in [0.1, 0.15) is 18.9 Å². The van der Waals surface area contributed by atoms with E-state index in [9.17, 15) is 4.79 Å². The number of nitrogens with one attached hydrogen (secondary N) is 1. The Morgan fingerprint density at radius 1 is 1.11 bits per heavy atom. The van der Waals surface area contributed by atoms with Gasteiger partial charge in [0.05, 0.1) is 17.2 Å². The van der Waals surface area contributed by atoms with E-state index < -0.39 is 0 Å². The van der Waals surface area contributed by atoms with E-state index in [1.807, 2.05) is 72.8 Å². The number of carbonyl (C=O) groups is 1. The number of aromatic nitrogens is 4. The lowest BCUT2D eigenvalue weighted by atomic mass is 10.2. The number of nitrogens with zero attached hydrogens (tertiary/aromatic N) is 5. The summed E-state index contributed by atoms with van der Waals surface area (Å²) in [6.07, 6.45) is 1.54. The van der Waals surface area contributed by atoms with Crippen molar-refractivity contribution in [3.05, 3.63) is 88.4 Å². The first kappa shape index (κ1) is 23.2. The van der Waals surface area contributed by atoms with Gasteiger partial charge >= 0.3 is 0 Å². The van der Waals surface area contributed by atoms with Crippen molar-refractivity contribution in [2.45, 2.75) is 13.2 Å². The van der Waals surface area contributed by atoms with Crippen LogP contribution in [-0.2, 0) is 17.9 Å². The van der Waals surface area contributed by atoms with Gasteiger partial charge in [-0.1, -0.05) is 58.4 Å². The van der Waals surface area contributed by atoms with Crippen molar-refractivity contribution >= 4 is 44.9 Å². The molecular formula is C25H20BrN7O3. The van der Waals surface area contributed by atoms with Gasteiger partial charge in [0.2, 0.25) is 0 Å². The van der Waals surface area contributed by atoms with Crippen LogP contribution in [-0.4, -0.2) is 32.0 Å². The van der Waals surface area contributed by atoms with E-state index in [0.717, 1.165) is 15.6 Å². The lowest BCUT2D eigenvalue weighted by Gasteiger charge is -2.10. The number of para-hydroxylation sites is 2. The molecule has 36 heavy (non-hydrogen) atoms. The summed E-state index contributed by atoms with van der Waals surface area (Å²) in [5.41, 5.74) is 11.9. The van der Waals surface area contributed by atoms with Crippen molar-refractivity contribution in [2.75, 3.05) is 5.73 Å². The molecule has 180 valence electrons. The normalized spacial score (nSPS) is 11.2. The highest BCUT2D eigenvalue weighted by molar-refractivity contribution is 9.10. The maximum atomic E-state index is 12.8. The number of hydrogen-bond donors (Lipinski definition) is 2. The Kier molecular flexibility index (Phi) is 6.72. The average molecular weight is 546 g/mol. The number of hydrazone groups is 1. The molecule has 0 bridgehead atoms. The van der Waals surface area contributed by atoms with Crippen molar-refractivity contribution in [2.24, 2.45) is 5.10 Å². The molecule has 0 saturated heterocycles. The number of carbonyl (C=O) groups excluding carboxylic acids is 1. The molecule has 0 fully saturated rings. The second kappa shape index (κ2) is 10.4. The Balaban J connectivity index is 1.32. The molecule has 1 amide bonds.